The zero-order chi connectivity index (χ0) is 22.2. The minimum absolute atomic E-state index is 0.0702. The highest BCUT2D eigenvalue weighted by molar-refractivity contribution is 8.03. The molecule has 160 valence electrons. The van der Waals surface area contributed by atoms with Crippen molar-refractivity contribution in [3.63, 3.8) is 0 Å². The molecule has 1 amide bonds. The predicted molar refractivity (Wildman–Crippen MR) is 119 cm³/mol. The summed E-state index contributed by atoms with van der Waals surface area (Å²) in [6, 6.07) is 14.5. The lowest BCUT2D eigenvalue weighted by atomic mass is 9.85. The van der Waals surface area contributed by atoms with Crippen LogP contribution < -0.4 is 9.47 Å². The molecule has 2 atom stereocenters. The molecule has 0 aliphatic carbocycles. The van der Waals surface area contributed by atoms with Crippen molar-refractivity contribution in [2.45, 2.75) is 25.0 Å². The Morgan fingerprint density at radius 3 is 2.68 bits per heavy atom. The normalized spacial score (nSPS) is 22.9. The zero-order valence-electron chi connectivity index (χ0n) is 17.1. The number of nitrogens with zero attached hydrogens (tertiary/aromatic N) is 2. The van der Waals surface area contributed by atoms with Crippen LogP contribution in [0.4, 0.5) is 0 Å². The lowest BCUT2D eigenvalue weighted by Gasteiger charge is -2.38. The van der Waals surface area contributed by atoms with E-state index in [-0.39, 0.29) is 18.1 Å². The highest BCUT2D eigenvalue weighted by Crippen LogP contribution is 2.52. The maximum Gasteiger partial charge on any atom is 0.231 e. The largest absolute Gasteiger partial charge is 0.493 e. The number of thioether (sulfide) groups is 1. The fourth-order valence-corrected chi connectivity index (χ4v) is 5.50. The fraction of sp³-hybridized carbons (Fsp3) is 0.304. The monoisotopic (exact) mass is 456 g/mol. The molecule has 0 unspecified atom stereocenters. The summed E-state index contributed by atoms with van der Waals surface area (Å²) in [5.41, 5.74) is 0.294. The van der Waals surface area contributed by atoms with Gasteiger partial charge in [-0.2, -0.15) is 5.26 Å². The van der Waals surface area contributed by atoms with Gasteiger partial charge < -0.3 is 14.6 Å². The molecule has 0 radical (unpaired) electrons. The van der Waals surface area contributed by atoms with E-state index in [9.17, 15) is 15.2 Å². The van der Waals surface area contributed by atoms with Crippen molar-refractivity contribution in [3.05, 3.63) is 69.2 Å². The highest BCUT2D eigenvalue weighted by Gasteiger charge is 2.51. The lowest BCUT2D eigenvalue weighted by Crippen LogP contribution is -2.48. The number of hydrogen-bond acceptors (Lipinski definition) is 6. The quantitative estimate of drug-likeness (QED) is 0.718. The molecule has 0 spiro atoms. The summed E-state index contributed by atoms with van der Waals surface area (Å²) in [6.07, 6.45) is 0.0702. The fourth-order valence-electron chi connectivity index (χ4n) is 4.02. The van der Waals surface area contributed by atoms with E-state index in [0.29, 0.717) is 39.3 Å². The molecule has 0 saturated carbocycles. The third-order valence-corrected chi connectivity index (χ3v) is 6.98. The van der Waals surface area contributed by atoms with Gasteiger partial charge in [0, 0.05) is 22.9 Å². The number of methoxy groups -OCH3 is 1. The molecule has 0 aromatic heterocycles. The number of nitriles is 1. The summed E-state index contributed by atoms with van der Waals surface area (Å²) in [7, 11) is 1.56. The van der Waals surface area contributed by atoms with Crippen molar-refractivity contribution < 1.29 is 19.4 Å². The van der Waals surface area contributed by atoms with E-state index in [1.165, 1.54) is 16.7 Å². The first kappa shape index (κ1) is 21.6. The van der Waals surface area contributed by atoms with Gasteiger partial charge in [0.25, 0.3) is 0 Å². The van der Waals surface area contributed by atoms with Gasteiger partial charge >= 0.3 is 0 Å². The van der Waals surface area contributed by atoms with Crippen LogP contribution in [-0.4, -0.2) is 35.4 Å². The van der Waals surface area contributed by atoms with Crippen LogP contribution in [0.1, 0.15) is 30.4 Å². The second-order valence-corrected chi connectivity index (χ2v) is 8.67. The van der Waals surface area contributed by atoms with Gasteiger partial charge in [-0.05, 0) is 36.8 Å². The molecule has 2 aliphatic rings. The molecule has 0 bridgehead atoms. The molecule has 2 aromatic rings. The van der Waals surface area contributed by atoms with Gasteiger partial charge in [-0.15, -0.1) is 11.8 Å². The van der Waals surface area contributed by atoms with Gasteiger partial charge in [0.05, 0.1) is 36.1 Å². The van der Waals surface area contributed by atoms with E-state index >= 15 is 0 Å². The van der Waals surface area contributed by atoms with Crippen molar-refractivity contribution in [1.82, 2.24) is 4.90 Å². The summed E-state index contributed by atoms with van der Waals surface area (Å²) in [4.78, 5) is 14.6. The minimum atomic E-state index is -1.52. The summed E-state index contributed by atoms with van der Waals surface area (Å²) in [5, 5.41) is 22.5. The van der Waals surface area contributed by atoms with Crippen LogP contribution in [0, 0.1) is 11.3 Å². The number of fused-ring (bicyclic) bond motifs is 1. The summed E-state index contributed by atoms with van der Waals surface area (Å²) < 4.78 is 11.0. The third-order valence-electron chi connectivity index (χ3n) is 5.51. The molecular formula is C23H21ClN2O4S. The molecule has 8 heteroatoms. The number of halogens is 1. The number of aliphatic hydroxyl groups is 1. The number of hydrogen-bond donors (Lipinski definition) is 1. The van der Waals surface area contributed by atoms with Crippen molar-refractivity contribution in [3.8, 4) is 17.6 Å². The first-order valence-corrected chi connectivity index (χ1v) is 11.2. The number of allylic oxidation sites excluding steroid dienone is 1. The average Bonchev–Trinajstić information content (AvgIpc) is 3.13. The molecule has 2 aliphatic heterocycles. The molecule has 4 rings (SSSR count). The summed E-state index contributed by atoms with van der Waals surface area (Å²) in [5.74, 6) is 0.730. The maximum absolute atomic E-state index is 13.2. The Hall–Kier alpha value is -2.66. The number of ether oxygens (including phenoxy) is 2. The molecule has 2 heterocycles. The van der Waals surface area contributed by atoms with E-state index in [2.05, 4.69) is 6.07 Å². The van der Waals surface area contributed by atoms with Gasteiger partial charge in [-0.25, -0.2) is 0 Å². The van der Waals surface area contributed by atoms with Crippen LogP contribution in [0.25, 0.3) is 0 Å². The maximum atomic E-state index is 13.2. The van der Waals surface area contributed by atoms with Crippen LogP contribution in [0.2, 0.25) is 5.02 Å². The second kappa shape index (κ2) is 8.46. The van der Waals surface area contributed by atoms with E-state index < -0.39 is 11.6 Å². The molecule has 1 fully saturated rings. The smallest absolute Gasteiger partial charge is 0.231 e. The Labute approximate surface area is 190 Å². The highest BCUT2D eigenvalue weighted by atomic mass is 35.5. The first-order valence-electron chi connectivity index (χ1n) is 9.82. The molecule has 1 N–H and O–H groups in total. The summed E-state index contributed by atoms with van der Waals surface area (Å²) in [6.45, 7) is 2.34. The zero-order valence-corrected chi connectivity index (χ0v) is 18.7. The molecule has 2 aromatic carbocycles. The van der Waals surface area contributed by atoms with Crippen LogP contribution in [0.15, 0.2) is 53.1 Å². The van der Waals surface area contributed by atoms with E-state index in [4.69, 9.17) is 21.1 Å². The topological polar surface area (TPSA) is 82.8 Å². The van der Waals surface area contributed by atoms with Crippen molar-refractivity contribution in [2.75, 3.05) is 19.5 Å². The molecule has 6 nitrogen and oxygen atoms in total. The minimum Gasteiger partial charge on any atom is -0.493 e. The Kier molecular flexibility index (Phi) is 5.89. The number of benzene rings is 2. The number of carbonyl (C=O) groups is 1. The van der Waals surface area contributed by atoms with Crippen LogP contribution >= 0.6 is 23.4 Å². The number of rotatable bonds is 5. The van der Waals surface area contributed by atoms with Crippen molar-refractivity contribution >= 4 is 29.3 Å². The first-order chi connectivity index (χ1) is 14.9. The van der Waals surface area contributed by atoms with Crippen LogP contribution in [-0.2, 0) is 10.5 Å². The van der Waals surface area contributed by atoms with Crippen molar-refractivity contribution in [1.29, 1.82) is 5.26 Å². The van der Waals surface area contributed by atoms with E-state index in [0.717, 1.165) is 5.56 Å². The van der Waals surface area contributed by atoms with Gasteiger partial charge in [0.15, 0.2) is 17.2 Å². The Bertz CT molecular complexity index is 1100. The standard InChI is InChI=1S/C23H21ClN2O4S/c1-3-30-20-10-14(4-9-19(20)29-2)17-11-21(27)26-22(18(17)12-25)31-13-23(26,28)15-5-7-16(24)8-6-15/h4-10,17,28H,3,11,13H2,1-2H3/t17-,23+/m0/s1. The number of carbonyl (C=O) groups excluding carboxylic acids is 1. The van der Waals surface area contributed by atoms with Gasteiger partial charge in [0.2, 0.25) is 5.91 Å². The second-order valence-electron chi connectivity index (χ2n) is 7.27. The number of amides is 1. The van der Waals surface area contributed by atoms with Crippen LogP contribution in [0.5, 0.6) is 11.5 Å². The van der Waals surface area contributed by atoms with E-state index in [1.807, 2.05) is 19.1 Å². The summed E-state index contributed by atoms with van der Waals surface area (Å²) >= 11 is 7.29. The van der Waals surface area contributed by atoms with Gasteiger partial charge in [-0.1, -0.05) is 29.8 Å². The van der Waals surface area contributed by atoms with Gasteiger partial charge in [-0.3, -0.25) is 9.69 Å². The van der Waals surface area contributed by atoms with E-state index in [1.54, 1.807) is 37.4 Å². The Morgan fingerprint density at radius 1 is 1.29 bits per heavy atom. The van der Waals surface area contributed by atoms with Gasteiger partial charge in [0.1, 0.15) is 0 Å². The average molecular weight is 457 g/mol. The Morgan fingerprint density at radius 2 is 2.03 bits per heavy atom. The molecular weight excluding hydrogens is 436 g/mol. The SMILES string of the molecule is CCOc1cc([C@@H]2CC(=O)N3C(=C2C#N)SC[C@@]3(O)c2ccc(Cl)cc2)ccc1OC. The van der Waals surface area contributed by atoms with Crippen molar-refractivity contribution in [2.24, 2.45) is 0 Å². The lowest BCUT2D eigenvalue weighted by molar-refractivity contribution is -0.149. The predicted octanol–water partition coefficient (Wildman–Crippen LogP) is 4.39. The third kappa shape index (κ3) is 3.65. The molecule has 31 heavy (non-hydrogen) atoms. The Balaban J connectivity index is 1.77. The molecule has 1 saturated heterocycles. The van der Waals surface area contributed by atoms with Crippen LogP contribution in [0.3, 0.4) is 0 Å².